The Kier molecular flexibility index (Phi) is 6.16. The number of methoxy groups -OCH3 is 1. The molecule has 36 heavy (non-hydrogen) atoms. The van der Waals surface area contributed by atoms with E-state index in [4.69, 9.17) is 14.6 Å². The summed E-state index contributed by atoms with van der Waals surface area (Å²) in [7, 11) is 3.86. The first-order chi connectivity index (χ1) is 17.7. The van der Waals surface area contributed by atoms with Crippen molar-refractivity contribution < 1.29 is 9.47 Å². The lowest BCUT2D eigenvalue weighted by Gasteiger charge is -2.34. The lowest BCUT2D eigenvalue weighted by Crippen LogP contribution is -2.44. The highest BCUT2D eigenvalue weighted by Gasteiger charge is 2.20. The van der Waals surface area contributed by atoms with Gasteiger partial charge in [-0.25, -0.2) is 4.52 Å². The number of piperazine rings is 1. The van der Waals surface area contributed by atoms with E-state index >= 15 is 0 Å². The van der Waals surface area contributed by atoms with Gasteiger partial charge in [-0.15, -0.1) is 5.10 Å². The molecule has 5 heterocycles. The van der Waals surface area contributed by atoms with Gasteiger partial charge in [0.2, 0.25) is 5.95 Å². The SMILES string of the molecule is COc1cc(Nc2nc3cncc(-c4cnn(C5CCOCC5)c4)n3n2)ccc1N1CCN(C)CC1. The molecule has 0 radical (unpaired) electrons. The minimum absolute atomic E-state index is 0.358. The van der Waals surface area contributed by atoms with Crippen LogP contribution < -0.4 is 15.0 Å². The van der Waals surface area contributed by atoms with Gasteiger partial charge >= 0.3 is 0 Å². The van der Waals surface area contributed by atoms with E-state index in [1.54, 1.807) is 24.0 Å². The fraction of sp³-hybridized carbons (Fsp3) is 0.440. The minimum atomic E-state index is 0.358. The van der Waals surface area contributed by atoms with Crippen LogP contribution in [0.3, 0.4) is 0 Å². The molecule has 0 spiro atoms. The number of nitrogens with one attached hydrogen (secondary N) is 1. The molecular formula is C25H31N9O2. The number of fused-ring (bicyclic) bond motifs is 1. The van der Waals surface area contributed by atoms with E-state index in [9.17, 15) is 0 Å². The highest BCUT2D eigenvalue weighted by atomic mass is 16.5. The van der Waals surface area contributed by atoms with Crippen molar-refractivity contribution in [3.05, 3.63) is 43.0 Å². The van der Waals surface area contributed by atoms with Gasteiger partial charge in [0, 0.05) is 62.9 Å². The van der Waals surface area contributed by atoms with Crippen LogP contribution in [0, 0.1) is 0 Å². The number of rotatable bonds is 6. The number of nitrogens with zero attached hydrogens (tertiary/aromatic N) is 8. The third kappa shape index (κ3) is 4.47. The third-order valence-electron chi connectivity index (χ3n) is 6.99. The van der Waals surface area contributed by atoms with Crippen LogP contribution in [0.15, 0.2) is 43.0 Å². The number of ether oxygens (including phenoxy) is 2. The van der Waals surface area contributed by atoms with E-state index in [1.807, 2.05) is 23.0 Å². The normalized spacial score (nSPS) is 17.6. The van der Waals surface area contributed by atoms with Crippen molar-refractivity contribution in [2.24, 2.45) is 0 Å². The summed E-state index contributed by atoms with van der Waals surface area (Å²) in [5, 5.41) is 12.7. The maximum Gasteiger partial charge on any atom is 0.247 e. The molecule has 1 N–H and O–H groups in total. The van der Waals surface area contributed by atoms with E-state index in [2.05, 4.69) is 49.5 Å². The Bertz CT molecular complexity index is 1340. The van der Waals surface area contributed by atoms with Crippen LogP contribution in [0.1, 0.15) is 18.9 Å². The second-order valence-corrected chi connectivity index (χ2v) is 9.35. The molecule has 0 saturated carbocycles. The molecule has 188 valence electrons. The first kappa shape index (κ1) is 22.7. The smallest absolute Gasteiger partial charge is 0.247 e. The number of aromatic nitrogens is 6. The average molecular weight is 490 g/mol. The van der Waals surface area contributed by atoms with Crippen LogP contribution in [0.25, 0.3) is 16.9 Å². The van der Waals surface area contributed by atoms with Crippen LogP contribution in [0.5, 0.6) is 5.75 Å². The van der Waals surface area contributed by atoms with Crippen molar-refractivity contribution >= 4 is 23.0 Å². The molecule has 0 amide bonds. The van der Waals surface area contributed by atoms with E-state index < -0.39 is 0 Å². The largest absolute Gasteiger partial charge is 0.495 e. The summed E-state index contributed by atoms with van der Waals surface area (Å²) in [6, 6.07) is 6.49. The Labute approximate surface area is 209 Å². The Morgan fingerprint density at radius 3 is 2.69 bits per heavy atom. The molecule has 0 aliphatic carbocycles. The first-order valence-corrected chi connectivity index (χ1v) is 12.4. The number of hydrogen-bond donors (Lipinski definition) is 1. The predicted molar refractivity (Wildman–Crippen MR) is 137 cm³/mol. The molecule has 4 aromatic rings. The molecule has 3 aromatic heterocycles. The first-order valence-electron chi connectivity index (χ1n) is 12.4. The predicted octanol–water partition coefficient (Wildman–Crippen LogP) is 2.84. The summed E-state index contributed by atoms with van der Waals surface area (Å²) < 4.78 is 15.0. The zero-order valence-electron chi connectivity index (χ0n) is 20.7. The van der Waals surface area contributed by atoms with Gasteiger partial charge in [-0.05, 0) is 32.0 Å². The molecule has 0 bridgehead atoms. The summed E-state index contributed by atoms with van der Waals surface area (Å²) in [5.41, 5.74) is 4.42. The standard InChI is InChI=1S/C25H31N9O2/c1-31-7-9-32(10-8-31)21-4-3-19(13-23(21)35-2)28-25-29-24-16-26-15-22(34(24)30-25)18-14-27-33(17-18)20-5-11-36-12-6-20/h3-4,13-17,20H,5-12H2,1-2H3,(H,28,30). The van der Waals surface area contributed by atoms with Crippen LogP contribution in [-0.2, 0) is 4.74 Å². The highest BCUT2D eigenvalue weighted by molar-refractivity contribution is 5.68. The van der Waals surface area contributed by atoms with E-state index in [-0.39, 0.29) is 0 Å². The third-order valence-corrected chi connectivity index (χ3v) is 6.99. The van der Waals surface area contributed by atoms with Gasteiger partial charge in [-0.2, -0.15) is 10.1 Å². The second kappa shape index (κ2) is 9.75. The van der Waals surface area contributed by atoms with E-state index in [1.165, 1.54) is 0 Å². The van der Waals surface area contributed by atoms with Gasteiger partial charge in [0.1, 0.15) is 5.75 Å². The van der Waals surface area contributed by atoms with Gasteiger partial charge < -0.3 is 24.6 Å². The van der Waals surface area contributed by atoms with Gasteiger partial charge in [0.15, 0.2) is 5.65 Å². The van der Waals surface area contributed by atoms with E-state index in [0.29, 0.717) is 17.6 Å². The van der Waals surface area contributed by atoms with Gasteiger partial charge in [0.05, 0.1) is 43.1 Å². The molecular weight excluding hydrogens is 458 g/mol. The van der Waals surface area contributed by atoms with Crippen LogP contribution >= 0.6 is 0 Å². The molecule has 1 aromatic carbocycles. The summed E-state index contributed by atoms with van der Waals surface area (Å²) in [4.78, 5) is 13.7. The number of benzene rings is 1. The fourth-order valence-corrected chi connectivity index (χ4v) is 4.88. The zero-order valence-corrected chi connectivity index (χ0v) is 20.7. The molecule has 0 unspecified atom stereocenters. The monoisotopic (exact) mass is 489 g/mol. The molecule has 2 aliphatic rings. The summed E-state index contributed by atoms with van der Waals surface area (Å²) in [5.74, 6) is 1.33. The van der Waals surface area contributed by atoms with Gasteiger partial charge in [-0.3, -0.25) is 9.67 Å². The van der Waals surface area contributed by atoms with Crippen molar-refractivity contribution in [1.29, 1.82) is 0 Å². The maximum atomic E-state index is 5.72. The Hall–Kier alpha value is -3.70. The molecule has 11 nitrogen and oxygen atoms in total. The van der Waals surface area contributed by atoms with Crippen molar-refractivity contribution in [3.8, 4) is 17.0 Å². The van der Waals surface area contributed by atoms with Crippen molar-refractivity contribution in [3.63, 3.8) is 0 Å². The van der Waals surface area contributed by atoms with Crippen molar-refractivity contribution in [2.45, 2.75) is 18.9 Å². The minimum Gasteiger partial charge on any atom is -0.495 e. The number of hydrogen-bond acceptors (Lipinski definition) is 9. The fourth-order valence-electron chi connectivity index (χ4n) is 4.88. The second-order valence-electron chi connectivity index (χ2n) is 9.35. The van der Waals surface area contributed by atoms with Gasteiger partial charge in [0.25, 0.3) is 0 Å². The molecule has 6 rings (SSSR count). The quantitative estimate of drug-likeness (QED) is 0.438. The highest BCUT2D eigenvalue weighted by Crippen LogP contribution is 2.33. The van der Waals surface area contributed by atoms with Crippen molar-refractivity contribution in [2.75, 3.05) is 63.8 Å². The van der Waals surface area contributed by atoms with Crippen molar-refractivity contribution in [1.82, 2.24) is 34.3 Å². The molecule has 11 heteroatoms. The summed E-state index contributed by atoms with van der Waals surface area (Å²) >= 11 is 0. The average Bonchev–Trinajstić information content (AvgIpc) is 3.57. The lowest BCUT2D eigenvalue weighted by molar-refractivity contribution is 0.0662. The number of anilines is 3. The molecule has 2 saturated heterocycles. The van der Waals surface area contributed by atoms with Crippen LogP contribution in [0.2, 0.25) is 0 Å². The van der Waals surface area contributed by atoms with Crippen LogP contribution in [-0.4, -0.2) is 87.8 Å². The molecule has 0 atom stereocenters. The molecule has 2 fully saturated rings. The van der Waals surface area contributed by atoms with Gasteiger partial charge in [-0.1, -0.05) is 0 Å². The Balaban J connectivity index is 1.24. The lowest BCUT2D eigenvalue weighted by atomic mass is 10.1. The van der Waals surface area contributed by atoms with Crippen LogP contribution in [0.4, 0.5) is 17.3 Å². The Morgan fingerprint density at radius 2 is 1.89 bits per heavy atom. The summed E-state index contributed by atoms with van der Waals surface area (Å²) in [6.45, 7) is 5.59. The molecule has 2 aliphatic heterocycles. The number of likely N-dealkylation sites (N-methyl/N-ethyl adjacent to an activating group) is 1. The maximum absolute atomic E-state index is 5.72. The Morgan fingerprint density at radius 1 is 1.06 bits per heavy atom. The topological polar surface area (TPSA) is 97.9 Å². The van der Waals surface area contributed by atoms with E-state index in [0.717, 1.165) is 80.6 Å². The zero-order chi connectivity index (χ0) is 24.5. The summed E-state index contributed by atoms with van der Waals surface area (Å²) in [6.07, 6.45) is 9.37.